The Labute approximate surface area is 161 Å². The number of para-hydroxylation sites is 1. The number of nitrogens with one attached hydrogen (secondary N) is 1. The molecule has 0 radical (unpaired) electrons. The first-order chi connectivity index (χ1) is 13.1. The summed E-state index contributed by atoms with van der Waals surface area (Å²) in [4.78, 5) is 34.5. The topological polar surface area (TPSA) is 92.1 Å². The van der Waals surface area contributed by atoms with Gasteiger partial charge < -0.3 is 15.6 Å². The molecule has 1 aromatic heterocycles. The van der Waals surface area contributed by atoms with E-state index in [1.54, 1.807) is 6.07 Å². The number of H-pyrrole nitrogens is 1. The van der Waals surface area contributed by atoms with Gasteiger partial charge >= 0.3 is 0 Å². The van der Waals surface area contributed by atoms with Crippen LogP contribution in [0, 0.1) is 0 Å². The lowest BCUT2D eigenvalue weighted by Crippen LogP contribution is -2.36. The van der Waals surface area contributed by atoms with Gasteiger partial charge in [0.15, 0.2) is 0 Å². The first kappa shape index (κ1) is 21.1. The normalized spacial score (nSPS) is 12.3. The van der Waals surface area contributed by atoms with Gasteiger partial charge in [0.2, 0.25) is 5.91 Å². The second-order valence-corrected chi connectivity index (χ2v) is 7.04. The molecular weight excluding hydrogens is 340 g/mol. The molecule has 27 heavy (non-hydrogen) atoms. The Bertz CT molecular complexity index is 787. The van der Waals surface area contributed by atoms with Crippen molar-refractivity contribution in [3.8, 4) is 0 Å². The summed E-state index contributed by atoms with van der Waals surface area (Å²) in [5.74, 6) is 0.671. The number of amides is 1. The number of unbranched alkanes of at least 4 members (excludes halogenated alkanes) is 4. The molecule has 2 aromatic rings. The number of aromatic amines is 1. The van der Waals surface area contributed by atoms with Gasteiger partial charge in [-0.15, -0.1) is 0 Å². The molecule has 0 fully saturated rings. The van der Waals surface area contributed by atoms with Crippen molar-refractivity contribution in [3.05, 3.63) is 40.4 Å². The number of fused-ring (bicyclic) bond motifs is 1. The number of rotatable bonds is 11. The van der Waals surface area contributed by atoms with Gasteiger partial charge in [-0.25, -0.2) is 4.98 Å². The molecule has 0 saturated heterocycles. The first-order valence-electron chi connectivity index (χ1n) is 10.1. The highest BCUT2D eigenvalue weighted by Crippen LogP contribution is 2.20. The maximum Gasteiger partial charge on any atom is 0.258 e. The van der Waals surface area contributed by atoms with Crippen LogP contribution in [0.3, 0.4) is 0 Å². The number of carbonyl (C=O) groups excluding carboxylic acids is 1. The largest absolute Gasteiger partial charge is 0.333 e. The van der Waals surface area contributed by atoms with Crippen LogP contribution < -0.4 is 11.3 Å². The number of hydrogen-bond acceptors (Lipinski definition) is 4. The third kappa shape index (κ3) is 5.89. The lowest BCUT2D eigenvalue weighted by atomic mass is 10.1. The monoisotopic (exact) mass is 372 g/mol. The van der Waals surface area contributed by atoms with Crippen LogP contribution in [0.1, 0.15) is 70.7 Å². The van der Waals surface area contributed by atoms with Gasteiger partial charge in [0.05, 0.1) is 16.9 Å². The van der Waals surface area contributed by atoms with Gasteiger partial charge in [0.25, 0.3) is 5.56 Å². The van der Waals surface area contributed by atoms with Crippen LogP contribution in [0.25, 0.3) is 10.9 Å². The number of aromatic nitrogens is 2. The van der Waals surface area contributed by atoms with Gasteiger partial charge in [-0.05, 0) is 44.9 Å². The zero-order chi connectivity index (χ0) is 19.6. The van der Waals surface area contributed by atoms with Crippen LogP contribution in [0.5, 0.6) is 0 Å². The third-order valence-electron chi connectivity index (χ3n) is 4.91. The molecule has 1 atom stereocenters. The number of carbonyl (C=O) groups is 1. The molecule has 148 valence electrons. The Morgan fingerprint density at radius 3 is 2.67 bits per heavy atom. The molecule has 0 aliphatic rings. The van der Waals surface area contributed by atoms with E-state index in [1.165, 1.54) is 0 Å². The zero-order valence-electron chi connectivity index (χ0n) is 16.5. The Morgan fingerprint density at radius 2 is 1.93 bits per heavy atom. The highest BCUT2D eigenvalue weighted by atomic mass is 16.2. The molecule has 1 aromatic carbocycles. The SMILES string of the molecule is CCCCC(=O)N(CCCCCCN)C(C)c1nc2ccccc2c(=O)[nH]1. The van der Waals surface area contributed by atoms with Crippen LogP contribution in [-0.4, -0.2) is 33.9 Å². The van der Waals surface area contributed by atoms with Crippen molar-refractivity contribution >= 4 is 16.8 Å². The van der Waals surface area contributed by atoms with Crippen molar-refractivity contribution < 1.29 is 4.79 Å². The third-order valence-corrected chi connectivity index (χ3v) is 4.91. The summed E-state index contributed by atoms with van der Waals surface area (Å²) < 4.78 is 0. The molecule has 1 unspecified atom stereocenters. The number of nitrogens with zero attached hydrogens (tertiary/aromatic N) is 2. The summed E-state index contributed by atoms with van der Waals surface area (Å²) in [7, 11) is 0. The van der Waals surface area contributed by atoms with Crippen molar-refractivity contribution in [2.75, 3.05) is 13.1 Å². The summed E-state index contributed by atoms with van der Waals surface area (Å²) in [6.45, 7) is 5.40. The molecule has 1 heterocycles. The molecule has 0 aliphatic heterocycles. The van der Waals surface area contributed by atoms with Crippen LogP contribution in [0.2, 0.25) is 0 Å². The van der Waals surface area contributed by atoms with E-state index in [1.807, 2.05) is 30.0 Å². The maximum atomic E-state index is 12.8. The Hall–Kier alpha value is -2.21. The fraction of sp³-hybridized carbons (Fsp3) is 0.571. The van der Waals surface area contributed by atoms with E-state index < -0.39 is 0 Å². The number of hydrogen-bond donors (Lipinski definition) is 2. The smallest absolute Gasteiger partial charge is 0.258 e. The summed E-state index contributed by atoms with van der Waals surface area (Å²) >= 11 is 0. The van der Waals surface area contributed by atoms with E-state index >= 15 is 0 Å². The molecule has 2 rings (SSSR count). The fourth-order valence-electron chi connectivity index (χ4n) is 3.24. The van der Waals surface area contributed by atoms with E-state index in [4.69, 9.17) is 5.73 Å². The number of nitrogens with two attached hydrogens (primary N) is 1. The maximum absolute atomic E-state index is 12.8. The minimum absolute atomic E-state index is 0.124. The second kappa shape index (κ2) is 10.8. The molecule has 0 spiro atoms. The van der Waals surface area contributed by atoms with Crippen LogP contribution >= 0.6 is 0 Å². The predicted molar refractivity (Wildman–Crippen MR) is 110 cm³/mol. The zero-order valence-corrected chi connectivity index (χ0v) is 16.5. The molecule has 0 bridgehead atoms. The van der Waals surface area contributed by atoms with Crippen molar-refractivity contribution in [2.24, 2.45) is 5.73 Å². The van der Waals surface area contributed by atoms with Gasteiger partial charge in [0, 0.05) is 13.0 Å². The van der Waals surface area contributed by atoms with Gasteiger partial charge in [-0.1, -0.05) is 38.3 Å². The minimum Gasteiger partial charge on any atom is -0.333 e. The minimum atomic E-state index is -0.263. The van der Waals surface area contributed by atoms with E-state index in [9.17, 15) is 9.59 Å². The molecule has 6 heteroatoms. The molecule has 3 N–H and O–H groups in total. The highest BCUT2D eigenvalue weighted by Gasteiger charge is 2.23. The van der Waals surface area contributed by atoms with Crippen molar-refractivity contribution in [3.63, 3.8) is 0 Å². The van der Waals surface area contributed by atoms with Crippen molar-refractivity contribution in [1.82, 2.24) is 14.9 Å². The summed E-state index contributed by atoms with van der Waals surface area (Å²) in [6, 6.07) is 7.02. The molecular formula is C21H32N4O2. The Kier molecular flexibility index (Phi) is 8.45. The predicted octanol–water partition coefficient (Wildman–Crippen LogP) is 3.52. The first-order valence-corrected chi connectivity index (χ1v) is 10.1. The summed E-state index contributed by atoms with van der Waals surface area (Å²) in [6.07, 6.45) is 6.45. The Morgan fingerprint density at radius 1 is 1.19 bits per heavy atom. The van der Waals surface area contributed by atoms with E-state index in [0.717, 1.165) is 38.5 Å². The molecule has 6 nitrogen and oxygen atoms in total. The van der Waals surface area contributed by atoms with Crippen molar-refractivity contribution in [1.29, 1.82) is 0 Å². The number of benzene rings is 1. The van der Waals surface area contributed by atoms with Crippen LogP contribution in [-0.2, 0) is 4.79 Å². The quantitative estimate of drug-likeness (QED) is 0.590. The van der Waals surface area contributed by atoms with E-state index in [0.29, 0.717) is 36.2 Å². The van der Waals surface area contributed by atoms with Gasteiger partial charge in [-0.2, -0.15) is 0 Å². The Balaban J connectivity index is 2.19. The van der Waals surface area contributed by atoms with Gasteiger partial charge in [-0.3, -0.25) is 9.59 Å². The van der Waals surface area contributed by atoms with Crippen LogP contribution in [0.15, 0.2) is 29.1 Å². The van der Waals surface area contributed by atoms with E-state index in [-0.39, 0.29) is 17.5 Å². The molecule has 0 aliphatic carbocycles. The van der Waals surface area contributed by atoms with Gasteiger partial charge in [0.1, 0.15) is 5.82 Å². The second-order valence-electron chi connectivity index (χ2n) is 7.04. The molecule has 1 amide bonds. The summed E-state index contributed by atoms with van der Waals surface area (Å²) in [5, 5.41) is 0.569. The lowest BCUT2D eigenvalue weighted by molar-refractivity contribution is -0.133. The molecule has 0 saturated carbocycles. The van der Waals surface area contributed by atoms with Crippen molar-refractivity contribution in [2.45, 2.75) is 64.8 Å². The standard InChI is InChI=1S/C21H32N4O2/c1-3-4-13-19(26)25(15-10-6-5-9-14-22)16(2)20-23-18-12-8-7-11-17(18)21(27)24-20/h7-8,11-12,16H,3-6,9-10,13-15,22H2,1-2H3,(H,23,24,27). The average molecular weight is 373 g/mol. The average Bonchev–Trinajstić information content (AvgIpc) is 2.68. The highest BCUT2D eigenvalue weighted by molar-refractivity contribution is 5.78. The van der Waals surface area contributed by atoms with E-state index in [2.05, 4.69) is 16.9 Å². The fourth-order valence-corrected chi connectivity index (χ4v) is 3.24. The lowest BCUT2D eigenvalue weighted by Gasteiger charge is -2.29. The summed E-state index contributed by atoms with van der Waals surface area (Å²) in [5.41, 5.74) is 6.05. The van der Waals surface area contributed by atoms with Crippen LogP contribution in [0.4, 0.5) is 0 Å².